The number of likely N-dealkylation sites (tertiary alicyclic amines) is 1. The number of epoxide rings is 1. The highest BCUT2D eigenvalue weighted by molar-refractivity contribution is 5.13. The maximum atomic E-state index is 6.41. The molecule has 0 radical (unpaired) electrons. The number of rotatable bonds is 2. The zero-order valence-corrected chi connectivity index (χ0v) is 16.9. The lowest BCUT2D eigenvalue weighted by molar-refractivity contribution is -0.0541. The summed E-state index contributed by atoms with van der Waals surface area (Å²) < 4.78 is 12.3. The summed E-state index contributed by atoms with van der Waals surface area (Å²) in [7, 11) is 2.32. The molecule has 0 aromatic carbocycles. The second-order valence-corrected chi connectivity index (χ2v) is 10.0. The number of fused-ring (bicyclic) bond motifs is 3. The van der Waals surface area contributed by atoms with Crippen molar-refractivity contribution >= 4 is 0 Å². The van der Waals surface area contributed by atoms with Crippen LogP contribution in [0.2, 0.25) is 0 Å². The molecule has 0 aromatic heterocycles. The van der Waals surface area contributed by atoms with Crippen molar-refractivity contribution in [3.8, 4) is 0 Å². The molecule has 0 N–H and O–H groups in total. The minimum Gasteiger partial charge on any atom is -0.344 e. The Labute approximate surface area is 159 Å². The molecule has 5 fully saturated rings. The molecule has 0 amide bonds. The van der Waals surface area contributed by atoms with Gasteiger partial charge in [-0.3, -0.25) is 4.90 Å². The molecular weight excluding hydrogens is 322 g/mol. The molecule has 1 spiro atoms. The van der Waals surface area contributed by atoms with E-state index in [9.17, 15) is 0 Å². The second-order valence-electron chi connectivity index (χ2n) is 10.0. The van der Waals surface area contributed by atoms with E-state index >= 15 is 0 Å². The average molecular weight is 360 g/mol. The summed E-state index contributed by atoms with van der Waals surface area (Å²) in [6.45, 7) is 5.54. The smallest absolute Gasteiger partial charge is 0.195 e. The van der Waals surface area contributed by atoms with E-state index in [2.05, 4.69) is 37.9 Å². The molecular formula is C23H37NO2. The summed E-state index contributed by atoms with van der Waals surface area (Å²) >= 11 is 0. The molecule has 0 aromatic rings. The molecule has 3 aliphatic heterocycles. The lowest BCUT2D eigenvalue weighted by Crippen LogP contribution is -2.44. The van der Waals surface area contributed by atoms with Gasteiger partial charge in [0.2, 0.25) is 0 Å². The van der Waals surface area contributed by atoms with Crippen molar-refractivity contribution in [2.75, 3.05) is 13.7 Å². The van der Waals surface area contributed by atoms with Crippen LogP contribution in [-0.4, -0.2) is 42.5 Å². The Balaban J connectivity index is 1.41. The molecule has 9 atom stereocenters. The Morgan fingerprint density at radius 2 is 1.81 bits per heavy atom. The van der Waals surface area contributed by atoms with E-state index < -0.39 is 0 Å². The van der Waals surface area contributed by atoms with E-state index in [0.29, 0.717) is 29.9 Å². The first-order valence-electron chi connectivity index (χ1n) is 11.3. The zero-order valence-electron chi connectivity index (χ0n) is 16.9. The topological polar surface area (TPSA) is 25.0 Å². The largest absolute Gasteiger partial charge is 0.344 e. The first kappa shape index (κ1) is 17.7. The summed E-state index contributed by atoms with van der Waals surface area (Å²) in [5, 5.41) is 0. The predicted molar refractivity (Wildman–Crippen MR) is 104 cm³/mol. The molecule has 26 heavy (non-hydrogen) atoms. The van der Waals surface area contributed by atoms with Gasteiger partial charge in [0.1, 0.15) is 6.61 Å². The molecule has 3 heteroatoms. The average Bonchev–Trinajstić information content (AvgIpc) is 3.36. The Bertz CT molecular complexity index is 556. The molecule has 2 saturated carbocycles. The van der Waals surface area contributed by atoms with Crippen LogP contribution in [0.1, 0.15) is 65.2 Å². The summed E-state index contributed by atoms with van der Waals surface area (Å²) in [4.78, 5) is 2.60. The van der Waals surface area contributed by atoms with Crippen molar-refractivity contribution in [2.45, 2.75) is 89.2 Å². The highest BCUT2D eigenvalue weighted by Crippen LogP contribution is 2.61. The maximum absolute atomic E-state index is 6.41. The highest BCUT2D eigenvalue weighted by atomic mass is 16.8. The molecule has 5 aliphatic rings. The lowest BCUT2D eigenvalue weighted by atomic mass is 9.56. The van der Waals surface area contributed by atoms with E-state index in [1.165, 1.54) is 51.4 Å². The van der Waals surface area contributed by atoms with Crippen molar-refractivity contribution in [1.82, 2.24) is 4.90 Å². The van der Waals surface area contributed by atoms with Crippen LogP contribution in [0.25, 0.3) is 0 Å². The van der Waals surface area contributed by atoms with Gasteiger partial charge in [-0.05, 0) is 70.3 Å². The third-order valence-electron chi connectivity index (χ3n) is 8.74. The van der Waals surface area contributed by atoms with Crippen molar-refractivity contribution in [3.63, 3.8) is 0 Å². The van der Waals surface area contributed by atoms with Crippen molar-refractivity contribution in [1.29, 1.82) is 0 Å². The molecule has 0 bridgehead atoms. The molecule has 2 aliphatic carbocycles. The minimum atomic E-state index is -0.186. The van der Waals surface area contributed by atoms with Crippen LogP contribution in [0.3, 0.4) is 0 Å². The van der Waals surface area contributed by atoms with Gasteiger partial charge in [0.15, 0.2) is 5.79 Å². The number of hydrogen-bond donors (Lipinski definition) is 0. The minimum absolute atomic E-state index is 0.186. The zero-order chi connectivity index (χ0) is 17.9. The highest BCUT2D eigenvalue weighted by Gasteiger charge is 2.66. The molecule has 3 saturated heterocycles. The van der Waals surface area contributed by atoms with Gasteiger partial charge in [0.25, 0.3) is 0 Å². The second kappa shape index (κ2) is 6.60. The normalized spacial score (nSPS) is 54.4. The Morgan fingerprint density at radius 1 is 1.00 bits per heavy atom. The number of likely N-dealkylation sites (N-methyl/N-ethyl adjacent to an activating group) is 1. The van der Waals surface area contributed by atoms with Gasteiger partial charge in [-0.2, -0.15) is 0 Å². The van der Waals surface area contributed by atoms with Crippen LogP contribution in [0.4, 0.5) is 0 Å². The van der Waals surface area contributed by atoms with E-state index in [4.69, 9.17) is 9.47 Å². The van der Waals surface area contributed by atoms with Crippen molar-refractivity contribution < 1.29 is 9.47 Å². The fourth-order valence-electron chi connectivity index (χ4n) is 7.14. The maximum Gasteiger partial charge on any atom is 0.195 e. The number of hydrogen-bond acceptors (Lipinski definition) is 3. The third kappa shape index (κ3) is 2.81. The molecule has 2 unspecified atom stereocenters. The van der Waals surface area contributed by atoms with Gasteiger partial charge in [-0.25, -0.2) is 0 Å². The molecule has 5 rings (SSSR count). The quantitative estimate of drug-likeness (QED) is 0.531. The first-order chi connectivity index (χ1) is 12.6. The Hall–Kier alpha value is -0.380. The number of piperidine rings is 1. The van der Waals surface area contributed by atoms with Crippen molar-refractivity contribution in [2.24, 2.45) is 29.6 Å². The van der Waals surface area contributed by atoms with Crippen LogP contribution < -0.4 is 0 Å². The molecule has 3 heterocycles. The number of allylic oxidation sites excluding steroid dienone is 1. The number of nitrogens with zero attached hydrogens (tertiary/aromatic N) is 1. The summed E-state index contributed by atoms with van der Waals surface area (Å²) in [5.41, 5.74) is 0. The molecule has 146 valence electrons. The SMILES string of the molecule is C[C@@H]1OC2(CO2)[C@H]2C[C@H]3CCCC[C@@H]3[C@@H](/C=C/C3CCC[C@H](C)N3C)[C@@H]12. The van der Waals surface area contributed by atoms with Gasteiger partial charge < -0.3 is 9.47 Å². The van der Waals surface area contributed by atoms with E-state index in [-0.39, 0.29) is 5.79 Å². The van der Waals surface area contributed by atoms with Crippen molar-refractivity contribution in [3.05, 3.63) is 12.2 Å². The van der Waals surface area contributed by atoms with E-state index in [0.717, 1.165) is 24.5 Å². The first-order valence-corrected chi connectivity index (χ1v) is 11.3. The van der Waals surface area contributed by atoms with Gasteiger partial charge in [0.05, 0.1) is 6.10 Å². The van der Waals surface area contributed by atoms with Crippen LogP contribution in [0, 0.1) is 29.6 Å². The lowest BCUT2D eigenvalue weighted by Gasteiger charge is -2.47. The standard InChI is InChI=1S/C23H37NO2/c1-15-7-6-9-18(24(15)3)11-12-20-19-10-5-4-8-17(19)13-21-22(20)16(2)26-23(21)14-25-23/h11-12,15-22H,4-10,13-14H2,1-3H3/b12-11+/t15-,16-,17+,18?,19-,20+,21-,22+,23?/m0/s1. The Kier molecular flexibility index (Phi) is 4.49. The predicted octanol–water partition coefficient (Wildman–Crippen LogP) is 4.62. The third-order valence-corrected chi connectivity index (χ3v) is 8.74. The van der Waals surface area contributed by atoms with Crippen LogP contribution in [-0.2, 0) is 9.47 Å². The monoisotopic (exact) mass is 359 g/mol. The molecule has 3 nitrogen and oxygen atoms in total. The van der Waals surface area contributed by atoms with Gasteiger partial charge in [0, 0.05) is 18.0 Å². The Morgan fingerprint density at radius 3 is 2.62 bits per heavy atom. The van der Waals surface area contributed by atoms with Crippen LogP contribution in [0.15, 0.2) is 12.2 Å². The van der Waals surface area contributed by atoms with Crippen LogP contribution >= 0.6 is 0 Å². The fourth-order valence-corrected chi connectivity index (χ4v) is 7.14. The van der Waals surface area contributed by atoms with Crippen LogP contribution in [0.5, 0.6) is 0 Å². The van der Waals surface area contributed by atoms with Gasteiger partial charge in [-0.15, -0.1) is 0 Å². The van der Waals surface area contributed by atoms with E-state index in [1.807, 2.05) is 0 Å². The summed E-state index contributed by atoms with van der Waals surface area (Å²) in [6.07, 6.45) is 16.7. The number of ether oxygens (including phenoxy) is 2. The van der Waals surface area contributed by atoms with E-state index in [1.54, 1.807) is 0 Å². The van der Waals surface area contributed by atoms with Gasteiger partial charge in [-0.1, -0.05) is 37.8 Å². The summed E-state index contributed by atoms with van der Waals surface area (Å²) in [5.74, 6) is 3.59. The fraction of sp³-hybridized carbons (Fsp3) is 0.913. The van der Waals surface area contributed by atoms with Gasteiger partial charge >= 0.3 is 0 Å². The summed E-state index contributed by atoms with van der Waals surface area (Å²) in [6, 6.07) is 1.35.